The average Bonchev–Trinajstić information content (AvgIpc) is 2.85. The topological polar surface area (TPSA) is 81.2 Å². The predicted octanol–water partition coefficient (Wildman–Crippen LogP) is 3.06. The van der Waals surface area contributed by atoms with Crippen LogP contribution in [0.4, 0.5) is 5.69 Å². The van der Waals surface area contributed by atoms with Gasteiger partial charge in [-0.2, -0.15) is 0 Å². The maximum absolute atomic E-state index is 10.9. The van der Waals surface area contributed by atoms with E-state index in [-0.39, 0.29) is 5.69 Å². The molecule has 0 unspecified atom stereocenters. The molecule has 1 heterocycles. The summed E-state index contributed by atoms with van der Waals surface area (Å²) in [6.45, 7) is 6.40. The highest BCUT2D eigenvalue weighted by molar-refractivity contribution is 5.64. The highest BCUT2D eigenvalue weighted by Crippen LogP contribution is 2.29. The van der Waals surface area contributed by atoms with E-state index in [9.17, 15) is 10.1 Å². The smallest absolute Gasteiger partial charge is 0.273 e. The number of nitrogens with one attached hydrogen (secondary N) is 1. The van der Waals surface area contributed by atoms with Crippen molar-refractivity contribution in [1.82, 2.24) is 10.3 Å². The highest BCUT2D eigenvalue weighted by atomic mass is 16.6. The number of benzene rings is 1. The van der Waals surface area contributed by atoms with Crippen molar-refractivity contribution in [3.05, 3.63) is 45.8 Å². The summed E-state index contributed by atoms with van der Waals surface area (Å²) < 4.78 is 5.42. The third kappa shape index (κ3) is 3.03. The molecular weight excluding hydrogens is 258 g/mol. The van der Waals surface area contributed by atoms with Crippen LogP contribution in [0, 0.1) is 17.0 Å². The zero-order valence-corrected chi connectivity index (χ0v) is 11.7. The Balaban J connectivity index is 2.28. The van der Waals surface area contributed by atoms with E-state index < -0.39 is 4.92 Å². The van der Waals surface area contributed by atoms with Gasteiger partial charge in [0.05, 0.1) is 10.6 Å². The van der Waals surface area contributed by atoms with E-state index in [0.717, 1.165) is 5.69 Å². The first-order valence-electron chi connectivity index (χ1n) is 6.41. The molecule has 106 valence electrons. The summed E-state index contributed by atoms with van der Waals surface area (Å²) in [6, 6.07) is 5.24. The van der Waals surface area contributed by atoms with Gasteiger partial charge in [0.15, 0.2) is 0 Å². The maximum Gasteiger partial charge on any atom is 0.273 e. The number of rotatable bonds is 5. The minimum atomic E-state index is -0.400. The maximum atomic E-state index is 10.9. The standard InChI is InChI=1S/C14H17N3O3/c1-9(2)15-7-11-8-20-14(16-11)12-5-4-6-13(10(12)3)17(18)19/h4-6,8-9,15H,7H2,1-3H3. The lowest BCUT2D eigenvalue weighted by molar-refractivity contribution is -0.385. The Kier molecular flexibility index (Phi) is 4.14. The van der Waals surface area contributed by atoms with Crippen molar-refractivity contribution in [3.8, 4) is 11.5 Å². The molecule has 2 rings (SSSR count). The summed E-state index contributed by atoms with van der Waals surface area (Å²) in [5.41, 5.74) is 2.06. The van der Waals surface area contributed by atoms with Gasteiger partial charge < -0.3 is 9.73 Å². The van der Waals surface area contributed by atoms with Crippen LogP contribution in [0.2, 0.25) is 0 Å². The first-order chi connectivity index (χ1) is 9.49. The SMILES string of the molecule is Cc1c(-c2nc(CNC(C)C)co2)cccc1[N+](=O)[O-]. The fourth-order valence-electron chi connectivity index (χ4n) is 1.87. The summed E-state index contributed by atoms with van der Waals surface area (Å²) in [5.74, 6) is 0.409. The average molecular weight is 275 g/mol. The van der Waals surface area contributed by atoms with Crippen molar-refractivity contribution in [2.75, 3.05) is 0 Å². The molecular formula is C14H17N3O3. The lowest BCUT2D eigenvalue weighted by Crippen LogP contribution is -2.21. The van der Waals surface area contributed by atoms with Crippen LogP contribution in [-0.2, 0) is 6.54 Å². The summed E-state index contributed by atoms with van der Waals surface area (Å²) in [4.78, 5) is 14.9. The Morgan fingerprint density at radius 1 is 1.45 bits per heavy atom. The van der Waals surface area contributed by atoms with Gasteiger partial charge in [-0.05, 0) is 13.0 Å². The van der Waals surface area contributed by atoms with Gasteiger partial charge in [0, 0.05) is 29.8 Å². The summed E-state index contributed by atoms with van der Waals surface area (Å²) >= 11 is 0. The molecule has 0 bridgehead atoms. The Morgan fingerprint density at radius 3 is 2.85 bits per heavy atom. The molecule has 1 N–H and O–H groups in total. The van der Waals surface area contributed by atoms with E-state index in [1.807, 2.05) is 13.8 Å². The molecule has 0 saturated carbocycles. The van der Waals surface area contributed by atoms with Crippen LogP contribution >= 0.6 is 0 Å². The normalized spacial score (nSPS) is 11.0. The number of nitro groups is 1. The molecule has 0 radical (unpaired) electrons. The Hall–Kier alpha value is -2.21. The number of hydrogen-bond acceptors (Lipinski definition) is 5. The minimum absolute atomic E-state index is 0.0718. The lowest BCUT2D eigenvalue weighted by Gasteiger charge is -2.04. The molecule has 6 heteroatoms. The van der Waals surface area contributed by atoms with E-state index in [4.69, 9.17) is 4.42 Å². The molecule has 6 nitrogen and oxygen atoms in total. The molecule has 0 saturated heterocycles. The number of hydrogen-bond donors (Lipinski definition) is 1. The van der Waals surface area contributed by atoms with Gasteiger partial charge in [0.1, 0.15) is 6.26 Å². The minimum Gasteiger partial charge on any atom is -0.444 e. The van der Waals surface area contributed by atoms with E-state index in [1.165, 1.54) is 6.07 Å². The van der Waals surface area contributed by atoms with Crippen molar-refractivity contribution < 1.29 is 9.34 Å². The molecule has 0 amide bonds. The first-order valence-corrected chi connectivity index (χ1v) is 6.41. The third-order valence-electron chi connectivity index (χ3n) is 2.98. The van der Waals surface area contributed by atoms with Crippen molar-refractivity contribution >= 4 is 5.69 Å². The van der Waals surface area contributed by atoms with E-state index in [2.05, 4.69) is 10.3 Å². The molecule has 0 aliphatic rings. The van der Waals surface area contributed by atoms with E-state index in [0.29, 0.717) is 29.6 Å². The van der Waals surface area contributed by atoms with Gasteiger partial charge in [-0.25, -0.2) is 4.98 Å². The molecule has 0 spiro atoms. The molecule has 1 aromatic carbocycles. The molecule has 0 fully saturated rings. The van der Waals surface area contributed by atoms with Crippen LogP contribution < -0.4 is 5.32 Å². The molecule has 1 aromatic heterocycles. The van der Waals surface area contributed by atoms with Crippen molar-refractivity contribution in [1.29, 1.82) is 0 Å². The number of nitro benzene ring substituents is 1. The number of oxazole rings is 1. The van der Waals surface area contributed by atoms with Crippen LogP contribution in [-0.4, -0.2) is 15.9 Å². The van der Waals surface area contributed by atoms with Gasteiger partial charge in [0.2, 0.25) is 5.89 Å². The van der Waals surface area contributed by atoms with Gasteiger partial charge in [-0.1, -0.05) is 19.9 Å². The monoisotopic (exact) mass is 275 g/mol. The first kappa shape index (κ1) is 14.2. The largest absolute Gasteiger partial charge is 0.444 e. The van der Waals surface area contributed by atoms with Gasteiger partial charge in [-0.15, -0.1) is 0 Å². The second-order valence-electron chi connectivity index (χ2n) is 4.89. The number of aromatic nitrogens is 1. The number of nitrogens with zero attached hydrogens (tertiary/aromatic N) is 2. The molecule has 2 aromatic rings. The molecule has 0 aliphatic heterocycles. The highest BCUT2D eigenvalue weighted by Gasteiger charge is 2.17. The zero-order chi connectivity index (χ0) is 14.7. The summed E-state index contributed by atoms with van der Waals surface area (Å²) in [7, 11) is 0. The van der Waals surface area contributed by atoms with Crippen molar-refractivity contribution in [2.24, 2.45) is 0 Å². The predicted molar refractivity (Wildman–Crippen MR) is 75.3 cm³/mol. The van der Waals surface area contributed by atoms with Gasteiger partial charge >= 0.3 is 0 Å². The third-order valence-corrected chi connectivity index (χ3v) is 2.98. The van der Waals surface area contributed by atoms with Crippen LogP contribution in [0.3, 0.4) is 0 Å². The van der Waals surface area contributed by atoms with E-state index in [1.54, 1.807) is 25.3 Å². The Morgan fingerprint density at radius 2 is 2.20 bits per heavy atom. The quantitative estimate of drug-likeness (QED) is 0.670. The fraction of sp³-hybridized carbons (Fsp3) is 0.357. The summed E-state index contributed by atoms with van der Waals surface area (Å²) in [5, 5.41) is 14.2. The molecule has 0 atom stereocenters. The van der Waals surface area contributed by atoms with E-state index >= 15 is 0 Å². The lowest BCUT2D eigenvalue weighted by atomic mass is 10.1. The molecule has 0 aliphatic carbocycles. The molecule has 20 heavy (non-hydrogen) atoms. The van der Waals surface area contributed by atoms with Crippen LogP contribution in [0.25, 0.3) is 11.5 Å². The van der Waals surface area contributed by atoms with Gasteiger partial charge in [0.25, 0.3) is 5.69 Å². The second-order valence-corrected chi connectivity index (χ2v) is 4.89. The summed E-state index contributed by atoms with van der Waals surface area (Å²) in [6.07, 6.45) is 1.57. The van der Waals surface area contributed by atoms with Crippen LogP contribution in [0.1, 0.15) is 25.1 Å². The fourth-order valence-corrected chi connectivity index (χ4v) is 1.87. The second kappa shape index (κ2) is 5.83. The van der Waals surface area contributed by atoms with Crippen LogP contribution in [0.5, 0.6) is 0 Å². The van der Waals surface area contributed by atoms with Gasteiger partial charge in [-0.3, -0.25) is 10.1 Å². The Labute approximate surface area is 117 Å². The van der Waals surface area contributed by atoms with Crippen LogP contribution in [0.15, 0.2) is 28.9 Å². The van der Waals surface area contributed by atoms with Crippen molar-refractivity contribution in [2.45, 2.75) is 33.4 Å². The van der Waals surface area contributed by atoms with Crippen molar-refractivity contribution in [3.63, 3.8) is 0 Å². The zero-order valence-electron chi connectivity index (χ0n) is 11.7. The Bertz CT molecular complexity index is 620.